The van der Waals surface area contributed by atoms with Gasteiger partial charge in [0, 0.05) is 9.61 Å². The predicted octanol–water partition coefficient (Wildman–Crippen LogP) is 3.12. The highest BCUT2D eigenvalue weighted by molar-refractivity contribution is 14.1. The van der Waals surface area contributed by atoms with Gasteiger partial charge < -0.3 is 5.73 Å². The predicted molar refractivity (Wildman–Crippen MR) is 63.6 cm³/mol. The zero-order valence-corrected chi connectivity index (χ0v) is 9.93. The van der Waals surface area contributed by atoms with Crippen LogP contribution in [0.3, 0.4) is 0 Å². The molecule has 0 unspecified atom stereocenters. The Balaban J connectivity index is 0.00000121. The highest BCUT2D eigenvalue weighted by Gasteiger charge is 2.01. The molecule has 1 atom stereocenters. The van der Waals surface area contributed by atoms with Crippen molar-refractivity contribution in [3.8, 4) is 0 Å². The molecule has 0 radical (unpaired) electrons. The first-order chi connectivity index (χ1) is 5.24. The fraction of sp³-hybridized carbons (Fsp3) is 0.333. The molecule has 2 N–H and O–H groups in total. The van der Waals surface area contributed by atoms with Crippen LogP contribution >= 0.6 is 35.0 Å². The van der Waals surface area contributed by atoms with Crippen molar-refractivity contribution in [1.82, 2.24) is 0 Å². The Labute approximate surface area is 93.3 Å². The van der Waals surface area contributed by atoms with Gasteiger partial charge >= 0.3 is 0 Å². The van der Waals surface area contributed by atoms with E-state index < -0.39 is 0 Å². The van der Waals surface area contributed by atoms with Gasteiger partial charge in [-0.3, -0.25) is 0 Å². The fourth-order valence-electron chi connectivity index (χ4n) is 0.973. The number of halogens is 2. The van der Waals surface area contributed by atoms with Crippen molar-refractivity contribution in [3.63, 3.8) is 0 Å². The van der Waals surface area contributed by atoms with Gasteiger partial charge in [0.05, 0.1) is 0 Å². The van der Waals surface area contributed by atoms with Gasteiger partial charge in [-0.2, -0.15) is 0 Å². The van der Waals surface area contributed by atoms with Crippen molar-refractivity contribution >= 4 is 35.0 Å². The smallest absolute Gasteiger partial charge is 0.0292 e. The number of hydrogen-bond acceptors (Lipinski definition) is 1. The highest BCUT2D eigenvalue weighted by Crippen LogP contribution is 2.15. The molecule has 12 heavy (non-hydrogen) atoms. The van der Waals surface area contributed by atoms with Crippen molar-refractivity contribution in [3.05, 3.63) is 33.4 Å². The Morgan fingerprint density at radius 2 is 2.17 bits per heavy atom. The van der Waals surface area contributed by atoms with Crippen LogP contribution in [-0.2, 0) is 0 Å². The van der Waals surface area contributed by atoms with Crippen molar-refractivity contribution in [2.24, 2.45) is 5.73 Å². The number of hydrogen-bond donors (Lipinski definition) is 1. The SMILES string of the molecule is CC[C@@H](N)c1cccc(I)c1.Cl. The van der Waals surface area contributed by atoms with Crippen LogP contribution in [0.15, 0.2) is 24.3 Å². The maximum atomic E-state index is 5.86. The van der Waals surface area contributed by atoms with E-state index in [0.717, 1.165) is 6.42 Å². The highest BCUT2D eigenvalue weighted by atomic mass is 127. The lowest BCUT2D eigenvalue weighted by Crippen LogP contribution is -2.08. The first kappa shape index (κ1) is 12.2. The molecule has 0 fully saturated rings. The van der Waals surface area contributed by atoms with Crippen LogP contribution in [0.25, 0.3) is 0 Å². The molecule has 3 heteroatoms. The third-order valence-electron chi connectivity index (χ3n) is 1.72. The van der Waals surface area contributed by atoms with E-state index in [9.17, 15) is 0 Å². The van der Waals surface area contributed by atoms with Gasteiger partial charge in [0.1, 0.15) is 0 Å². The molecule has 1 aromatic rings. The molecule has 0 aliphatic rings. The summed E-state index contributed by atoms with van der Waals surface area (Å²) in [6.07, 6.45) is 1.00. The molecule has 0 amide bonds. The fourth-order valence-corrected chi connectivity index (χ4v) is 1.54. The van der Waals surface area contributed by atoms with Crippen LogP contribution in [0.2, 0.25) is 0 Å². The molecule has 1 rings (SSSR count). The zero-order chi connectivity index (χ0) is 8.27. The Hall–Kier alpha value is 0.200. The quantitative estimate of drug-likeness (QED) is 0.834. The van der Waals surface area contributed by atoms with Gasteiger partial charge in [0.2, 0.25) is 0 Å². The standard InChI is InChI=1S/C9H12IN.ClH/c1-2-9(11)7-4-3-5-8(10)6-7;/h3-6,9H,2,11H2,1H3;1H/t9-;/m1./s1. The maximum absolute atomic E-state index is 5.86. The molecule has 0 bridgehead atoms. The summed E-state index contributed by atoms with van der Waals surface area (Å²) in [5, 5.41) is 0. The minimum Gasteiger partial charge on any atom is -0.324 e. The van der Waals surface area contributed by atoms with Crippen LogP contribution in [0, 0.1) is 3.57 Å². The van der Waals surface area contributed by atoms with Gasteiger partial charge in [-0.25, -0.2) is 0 Å². The topological polar surface area (TPSA) is 26.0 Å². The van der Waals surface area contributed by atoms with Gasteiger partial charge in [-0.15, -0.1) is 12.4 Å². The van der Waals surface area contributed by atoms with Crippen LogP contribution in [0.1, 0.15) is 24.9 Å². The first-order valence-electron chi connectivity index (χ1n) is 3.75. The van der Waals surface area contributed by atoms with Crippen LogP contribution in [-0.4, -0.2) is 0 Å². The Kier molecular flexibility index (Phi) is 5.88. The average molecular weight is 298 g/mol. The summed E-state index contributed by atoms with van der Waals surface area (Å²) in [6.45, 7) is 2.10. The van der Waals surface area contributed by atoms with Crippen molar-refractivity contribution < 1.29 is 0 Å². The summed E-state index contributed by atoms with van der Waals surface area (Å²) in [5.74, 6) is 0. The second-order valence-electron chi connectivity index (χ2n) is 2.57. The van der Waals surface area contributed by atoms with Gasteiger partial charge in [-0.05, 0) is 46.7 Å². The number of nitrogens with two attached hydrogens (primary N) is 1. The maximum Gasteiger partial charge on any atom is 0.0292 e. The Bertz CT molecular complexity index is 240. The molecule has 68 valence electrons. The summed E-state index contributed by atoms with van der Waals surface area (Å²) < 4.78 is 1.25. The molecular weight excluding hydrogens is 284 g/mol. The molecule has 0 aromatic heterocycles. The Morgan fingerprint density at radius 1 is 1.50 bits per heavy atom. The van der Waals surface area contributed by atoms with Crippen LogP contribution < -0.4 is 5.73 Å². The van der Waals surface area contributed by atoms with E-state index in [4.69, 9.17) is 5.73 Å². The number of rotatable bonds is 2. The van der Waals surface area contributed by atoms with Crippen molar-refractivity contribution in [2.45, 2.75) is 19.4 Å². The molecular formula is C9H13ClIN. The molecule has 0 saturated heterocycles. The Morgan fingerprint density at radius 3 is 2.67 bits per heavy atom. The third-order valence-corrected chi connectivity index (χ3v) is 2.39. The van der Waals surface area contributed by atoms with Crippen molar-refractivity contribution in [1.29, 1.82) is 0 Å². The zero-order valence-electron chi connectivity index (χ0n) is 6.96. The molecule has 0 heterocycles. The lowest BCUT2D eigenvalue weighted by atomic mass is 10.1. The summed E-state index contributed by atoms with van der Waals surface area (Å²) in [6, 6.07) is 8.54. The molecule has 0 spiro atoms. The normalized spacial score (nSPS) is 11.9. The lowest BCUT2D eigenvalue weighted by molar-refractivity contribution is 0.698. The van der Waals surface area contributed by atoms with Gasteiger partial charge in [-0.1, -0.05) is 19.1 Å². The van der Waals surface area contributed by atoms with E-state index in [0.29, 0.717) is 0 Å². The lowest BCUT2D eigenvalue weighted by Gasteiger charge is -2.08. The summed E-state index contributed by atoms with van der Waals surface area (Å²) in [4.78, 5) is 0. The van der Waals surface area contributed by atoms with E-state index in [1.165, 1.54) is 9.13 Å². The summed E-state index contributed by atoms with van der Waals surface area (Å²) in [5.41, 5.74) is 7.10. The molecule has 1 nitrogen and oxygen atoms in total. The molecule has 0 aliphatic heterocycles. The second kappa shape index (κ2) is 5.78. The molecule has 0 aliphatic carbocycles. The van der Waals surface area contributed by atoms with Crippen LogP contribution in [0.4, 0.5) is 0 Å². The average Bonchev–Trinajstić information content (AvgIpc) is 2.03. The molecule has 1 aromatic carbocycles. The number of benzene rings is 1. The van der Waals surface area contributed by atoms with Crippen LogP contribution in [0.5, 0.6) is 0 Å². The van der Waals surface area contributed by atoms with E-state index in [2.05, 4.69) is 47.7 Å². The van der Waals surface area contributed by atoms with Gasteiger partial charge in [0.25, 0.3) is 0 Å². The van der Waals surface area contributed by atoms with E-state index in [1.807, 2.05) is 6.07 Å². The monoisotopic (exact) mass is 297 g/mol. The molecule has 0 saturated carbocycles. The second-order valence-corrected chi connectivity index (χ2v) is 3.82. The first-order valence-corrected chi connectivity index (χ1v) is 4.83. The largest absolute Gasteiger partial charge is 0.324 e. The minimum atomic E-state index is 0. The minimum absolute atomic E-state index is 0. The summed E-state index contributed by atoms with van der Waals surface area (Å²) >= 11 is 2.30. The third kappa shape index (κ3) is 3.29. The van der Waals surface area contributed by atoms with Crippen molar-refractivity contribution in [2.75, 3.05) is 0 Å². The van der Waals surface area contributed by atoms with E-state index in [1.54, 1.807) is 0 Å². The van der Waals surface area contributed by atoms with E-state index >= 15 is 0 Å². The van der Waals surface area contributed by atoms with Gasteiger partial charge in [0.15, 0.2) is 0 Å². The summed E-state index contributed by atoms with van der Waals surface area (Å²) in [7, 11) is 0. The van der Waals surface area contributed by atoms with E-state index in [-0.39, 0.29) is 18.4 Å².